The van der Waals surface area contributed by atoms with Crippen LogP contribution < -0.4 is 0 Å². The van der Waals surface area contributed by atoms with Gasteiger partial charge >= 0.3 is 24.7 Å². The van der Waals surface area contributed by atoms with Gasteiger partial charge in [0.1, 0.15) is 0 Å². The third kappa shape index (κ3) is 23.5. The SMILES string of the molecule is CN(C)CCN(C)C.O=C(C=C(O)C(F)(F)F)C(F)(F)F.O=C(C=C(O)C(F)(F)F)C(F)(F)F.[Fe]. The molecule has 0 aliphatic rings. The average Bonchev–Trinajstić information content (AvgIpc) is 2.57. The van der Waals surface area contributed by atoms with Gasteiger partial charge in [-0.1, -0.05) is 0 Å². The first-order chi connectivity index (χ1) is 14.7. The Bertz CT molecular complexity index is 649. The van der Waals surface area contributed by atoms with Gasteiger partial charge in [0.15, 0.2) is 0 Å². The van der Waals surface area contributed by atoms with Crippen LogP contribution in [0, 0.1) is 0 Å². The van der Waals surface area contributed by atoms with Gasteiger partial charge in [-0.25, -0.2) is 0 Å². The second kappa shape index (κ2) is 15.9. The quantitative estimate of drug-likeness (QED) is 0.215. The van der Waals surface area contributed by atoms with Crippen LogP contribution in [0.5, 0.6) is 0 Å². The van der Waals surface area contributed by atoms with Gasteiger partial charge in [0.25, 0.3) is 11.6 Å². The molecule has 0 amide bonds. The number of nitrogens with zero attached hydrogens (tertiary/aromatic N) is 2. The molecule has 0 aromatic heterocycles. The van der Waals surface area contributed by atoms with E-state index in [2.05, 4.69) is 38.0 Å². The number of aliphatic hydroxyl groups is 2. The van der Waals surface area contributed by atoms with Crippen LogP contribution in [0.15, 0.2) is 23.7 Å². The third-order valence-electron chi connectivity index (χ3n) is 2.67. The Hall–Kier alpha value is -1.98. The number of halogens is 12. The van der Waals surface area contributed by atoms with Crippen molar-refractivity contribution in [3.05, 3.63) is 23.7 Å². The summed E-state index contributed by atoms with van der Waals surface area (Å²) in [6.45, 7) is 2.29. The zero-order valence-corrected chi connectivity index (χ0v) is 19.2. The largest absolute Gasteiger partial charge is 0.504 e. The van der Waals surface area contributed by atoms with E-state index in [-0.39, 0.29) is 17.1 Å². The van der Waals surface area contributed by atoms with Gasteiger partial charge < -0.3 is 20.0 Å². The zero-order valence-electron chi connectivity index (χ0n) is 18.1. The minimum Gasteiger partial charge on any atom is -0.504 e. The van der Waals surface area contributed by atoms with E-state index in [0.717, 1.165) is 13.1 Å². The van der Waals surface area contributed by atoms with Gasteiger partial charge in [-0.15, -0.1) is 0 Å². The molecule has 0 bridgehead atoms. The third-order valence-corrected chi connectivity index (χ3v) is 2.67. The smallest absolute Gasteiger partial charge is 0.454 e. The number of aliphatic hydroxyl groups excluding tert-OH is 2. The van der Waals surface area contributed by atoms with Crippen molar-refractivity contribution in [1.82, 2.24) is 9.80 Å². The number of ketones is 2. The molecule has 2 N–H and O–H groups in total. The summed E-state index contributed by atoms with van der Waals surface area (Å²) in [5.74, 6) is -10.7. The summed E-state index contributed by atoms with van der Waals surface area (Å²) in [7, 11) is 8.35. The van der Waals surface area contributed by atoms with Crippen LogP contribution in [0.3, 0.4) is 0 Å². The average molecular weight is 588 g/mol. The van der Waals surface area contributed by atoms with Crippen LogP contribution in [-0.2, 0) is 26.7 Å². The molecular weight excluding hydrogens is 568 g/mol. The molecule has 0 unspecified atom stereocenters. The Balaban J connectivity index is -0.000000209. The fraction of sp³-hybridized carbons (Fsp3) is 0.625. The molecule has 6 nitrogen and oxygen atoms in total. The Morgan fingerprint density at radius 1 is 0.571 bits per heavy atom. The van der Waals surface area contributed by atoms with Crippen LogP contribution >= 0.6 is 0 Å². The Morgan fingerprint density at radius 2 is 0.771 bits per heavy atom. The fourth-order valence-corrected chi connectivity index (χ4v) is 0.976. The summed E-state index contributed by atoms with van der Waals surface area (Å²) >= 11 is 0. The minimum atomic E-state index is -5.42. The van der Waals surface area contributed by atoms with E-state index in [9.17, 15) is 62.3 Å². The molecule has 0 aromatic carbocycles. The van der Waals surface area contributed by atoms with Gasteiger partial charge in [-0.05, 0) is 28.2 Å². The van der Waals surface area contributed by atoms with Crippen molar-refractivity contribution in [3.8, 4) is 0 Å². The van der Waals surface area contributed by atoms with Crippen molar-refractivity contribution < 1.29 is 89.6 Å². The van der Waals surface area contributed by atoms with Crippen molar-refractivity contribution in [2.45, 2.75) is 24.7 Å². The number of carbonyl (C=O) groups is 2. The van der Waals surface area contributed by atoms with E-state index in [1.54, 1.807) is 0 Å². The van der Waals surface area contributed by atoms with E-state index >= 15 is 0 Å². The summed E-state index contributed by atoms with van der Waals surface area (Å²) in [5.41, 5.74) is 0. The predicted molar refractivity (Wildman–Crippen MR) is 92.8 cm³/mol. The van der Waals surface area contributed by atoms with Gasteiger partial charge in [0.05, 0.1) is 0 Å². The second-order valence-corrected chi connectivity index (χ2v) is 6.39. The first-order valence-corrected chi connectivity index (χ1v) is 8.20. The summed E-state index contributed by atoms with van der Waals surface area (Å²) in [4.78, 5) is 24.1. The normalized spacial score (nSPS) is 13.3. The van der Waals surface area contributed by atoms with Crippen molar-refractivity contribution in [1.29, 1.82) is 0 Å². The van der Waals surface area contributed by atoms with Crippen LogP contribution in [0.4, 0.5) is 52.7 Å². The monoisotopic (exact) mass is 588 g/mol. The Morgan fingerprint density at radius 3 is 0.886 bits per heavy atom. The molecule has 0 heterocycles. The minimum absolute atomic E-state index is 0. The molecule has 0 aromatic rings. The summed E-state index contributed by atoms with van der Waals surface area (Å²) < 4.78 is 136. The maximum absolute atomic E-state index is 11.4. The van der Waals surface area contributed by atoms with Crippen molar-refractivity contribution in [3.63, 3.8) is 0 Å². The number of rotatable bonds is 5. The van der Waals surface area contributed by atoms with Crippen LogP contribution in [-0.4, -0.2) is 97.6 Å². The fourth-order valence-electron chi connectivity index (χ4n) is 0.976. The van der Waals surface area contributed by atoms with Crippen LogP contribution in [0.25, 0.3) is 0 Å². The van der Waals surface area contributed by atoms with Gasteiger partial charge in [-0.2, -0.15) is 52.7 Å². The predicted octanol–water partition coefficient (Wildman–Crippen LogP) is 4.35. The van der Waals surface area contributed by atoms with Crippen molar-refractivity contribution in [2.24, 2.45) is 0 Å². The Labute approximate surface area is 201 Å². The summed E-state index contributed by atoms with van der Waals surface area (Å²) in [6.07, 6.45) is -23.4. The summed E-state index contributed by atoms with van der Waals surface area (Å²) in [5, 5.41) is 15.9. The number of likely N-dealkylation sites (N-methyl/N-ethyl adjacent to an activating group) is 2. The number of hydrogen-bond acceptors (Lipinski definition) is 6. The molecule has 0 saturated carbocycles. The van der Waals surface area contributed by atoms with E-state index in [1.807, 2.05) is 0 Å². The molecule has 19 heteroatoms. The van der Waals surface area contributed by atoms with E-state index in [4.69, 9.17) is 10.2 Å². The van der Waals surface area contributed by atoms with Crippen molar-refractivity contribution >= 4 is 11.6 Å². The molecule has 210 valence electrons. The van der Waals surface area contributed by atoms with Gasteiger partial charge in [0.2, 0.25) is 11.5 Å². The number of allylic oxidation sites excluding steroid dienone is 4. The van der Waals surface area contributed by atoms with E-state index in [1.165, 1.54) is 0 Å². The van der Waals surface area contributed by atoms with Crippen LogP contribution in [0.2, 0.25) is 0 Å². The molecule has 0 saturated heterocycles. The standard InChI is InChI=1S/C6H16N2.2C5H2F6O2.Fe/c1-7(2)5-6-8(3)4;2*6-4(7,8)2(12)1-3(13)5(9,10)11;/h5-6H2,1-4H3;2*1,12H;. The molecule has 0 aliphatic heterocycles. The van der Waals surface area contributed by atoms with Gasteiger partial charge in [0, 0.05) is 42.3 Å². The molecule has 0 rings (SSSR count). The van der Waals surface area contributed by atoms with Gasteiger partial charge in [-0.3, -0.25) is 9.59 Å². The van der Waals surface area contributed by atoms with Crippen molar-refractivity contribution in [2.75, 3.05) is 41.3 Å². The molecule has 0 aliphatic carbocycles. The van der Waals surface area contributed by atoms with E-state index in [0.29, 0.717) is 0 Å². The molecule has 35 heavy (non-hydrogen) atoms. The van der Waals surface area contributed by atoms with E-state index < -0.39 is 59.9 Å². The molecule has 0 atom stereocenters. The Kier molecular flexibility index (Phi) is 18.3. The molecule has 0 spiro atoms. The first-order valence-electron chi connectivity index (χ1n) is 8.20. The maximum atomic E-state index is 11.4. The second-order valence-electron chi connectivity index (χ2n) is 6.39. The number of hydrogen-bond donors (Lipinski definition) is 2. The molecule has 0 fully saturated rings. The number of carbonyl (C=O) groups excluding carboxylic acids is 2. The summed E-state index contributed by atoms with van der Waals surface area (Å²) in [6, 6.07) is 0. The first kappa shape index (κ1) is 40.2. The zero-order chi connectivity index (χ0) is 28.3. The molecule has 0 radical (unpaired) electrons. The number of alkyl halides is 12. The molecular formula is C16H20F12FeN2O4. The van der Waals surface area contributed by atoms with Crippen LogP contribution in [0.1, 0.15) is 0 Å². The topological polar surface area (TPSA) is 81.1 Å². The maximum Gasteiger partial charge on any atom is 0.454 e.